The second kappa shape index (κ2) is 12.9. The minimum Gasteiger partial charge on any atom is -0.475 e. The van der Waals surface area contributed by atoms with Crippen LogP contribution in [-0.4, -0.2) is 73.9 Å². The number of aryl methyl sites for hydroxylation is 1. The zero-order valence-corrected chi connectivity index (χ0v) is 19.1. The van der Waals surface area contributed by atoms with Gasteiger partial charge in [0.2, 0.25) is 23.4 Å². The second-order valence-electron chi connectivity index (χ2n) is 7.10. The van der Waals surface area contributed by atoms with Crippen molar-refractivity contribution in [2.24, 2.45) is 0 Å². The fourth-order valence-electron chi connectivity index (χ4n) is 2.63. The van der Waals surface area contributed by atoms with Gasteiger partial charge in [0.1, 0.15) is 0 Å². The van der Waals surface area contributed by atoms with Crippen LogP contribution in [0.5, 0.6) is 0 Å². The highest BCUT2D eigenvalue weighted by atomic mass is 19.4. The number of H-pyrrole nitrogens is 1. The molecule has 3 aromatic heterocycles. The van der Waals surface area contributed by atoms with Gasteiger partial charge in [0, 0.05) is 64.3 Å². The van der Waals surface area contributed by atoms with Crippen molar-refractivity contribution in [3.8, 4) is 0 Å². The van der Waals surface area contributed by atoms with E-state index < -0.39 is 12.1 Å². The van der Waals surface area contributed by atoms with E-state index in [1.807, 2.05) is 24.2 Å². The van der Waals surface area contributed by atoms with E-state index in [1.54, 1.807) is 36.3 Å². The average molecular weight is 497 g/mol. The summed E-state index contributed by atoms with van der Waals surface area (Å²) in [5.74, 6) is -1.17. The highest BCUT2D eigenvalue weighted by molar-refractivity contribution is 5.73. The number of pyridine rings is 1. The van der Waals surface area contributed by atoms with E-state index in [4.69, 9.17) is 9.90 Å². The average Bonchev–Trinajstić information content (AvgIpc) is 3.34. The summed E-state index contributed by atoms with van der Waals surface area (Å²) < 4.78 is 33.4. The van der Waals surface area contributed by atoms with Crippen LogP contribution >= 0.6 is 0 Å². The molecule has 3 aromatic rings. The number of imidazole rings is 1. The van der Waals surface area contributed by atoms with Gasteiger partial charge in [-0.15, -0.1) is 0 Å². The first kappa shape index (κ1) is 27.1. The number of anilines is 3. The minimum atomic E-state index is -5.08. The van der Waals surface area contributed by atoms with Crippen LogP contribution in [0.25, 0.3) is 0 Å². The van der Waals surface area contributed by atoms with Gasteiger partial charge in [-0.25, -0.2) is 9.78 Å². The number of rotatable bonds is 10. The number of hydrogen-bond donors (Lipinski definition) is 4. The van der Waals surface area contributed by atoms with E-state index >= 15 is 0 Å². The molecule has 15 heteroatoms. The van der Waals surface area contributed by atoms with Gasteiger partial charge in [-0.1, -0.05) is 6.07 Å². The Morgan fingerprint density at radius 1 is 1.23 bits per heavy atom. The Labute approximate surface area is 198 Å². The Hall–Kier alpha value is -4.17. The molecule has 0 saturated heterocycles. The number of hydrogen-bond acceptors (Lipinski definition) is 9. The van der Waals surface area contributed by atoms with Gasteiger partial charge in [-0.3, -0.25) is 4.79 Å². The summed E-state index contributed by atoms with van der Waals surface area (Å²) in [5.41, 5.74) is 1.06. The summed E-state index contributed by atoms with van der Waals surface area (Å²) in [6.07, 6.45) is 1.77. The lowest BCUT2D eigenvalue weighted by atomic mass is 10.3. The predicted molar refractivity (Wildman–Crippen MR) is 122 cm³/mol. The number of aromatic nitrogens is 6. The Kier molecular flexibility index (Phi) is 9.98. The quantitative estimate of drug-likeness (QED) is 0.304. The third-order valence-electron chi connectivity index (χ3n) is 4.46. The largest absolute Gasteiger partial charge is 0.490 e. The topological polar surface area (TPSA) is 154 Å². The van der Waals surface area contributed by atoms with Gasteiger partial charge in [0.05, 0.1) is 6.33 Å². The van der Waals surface area contributed by atoms with Crippen molar-refractivity contribution < 1.29 is 23.1 Å². The maximum absolute atomic E-state index is 11.7. The maximum Gasteiger partial charge on any atom is 0.490 e. The molecular formula is C20H26F3N9O3. The van der Waals surface area contributed by atoms with Crippen molar-refractivity contribution in [2.45, 2.75) is 25.6 Å². The lowest BCUT2D eigenvalue weighted by Gasteiger charge is -2.18. The first-order valence-corrected chi connectivity index (χ1v) is 10.4. The van der Waals surface area contributed by atoms with E-state index in [2.05, 4.69) is 35.6 Å². The van der Waals surface area contributed by atoms with Crippen LogP contribution in [0.1, 0.15) is 12.1 Å². The molecular weight excluding hydrogens is 471 g/mol. The number of carboxylic acid groups (broad SMARTS) is 1. The van der Waals surface area contributed by atoms with E-state index in [1.165, 1.54) is 0 Å². The standard InChI is InChI=1S/C18H25N9O.C2HF3O2/c1-19-16-23-17(21-8-5-10-27-9-4-3-6-15(27)28)25-18(24-16)26(2)11-7-14-12-20-13-22-14;3-2(4,5)1(6)7/h3-4,6,9,12-13H,5,7-8,10-11H2,1-2H3,(H,20,22)(H2,19,21,23,24,25);(H,6,7). The minimum absolute atomic E-state index is 0.00121. The van der Waals surface area contributed by atoms with Crippen LogP contribution in [0.2, 0.25) is 0 Å². The monoisotopic (exact) mass is 497 g/mol. The van der Waals surface area contributed by atoms with Gasteiger partial charge in [-0.2, -0.15) is 28.1 Å². The molecule has 0 aliphatic rings. The molecule has 0 radical (unpaired) electrons. The molecule has 35 heavy (non-hydrogen) atoms. The fourth-order valence-corrected chi connectivity index (χ4v) is 2.63. The van der Waals surface area contributed by atoms with Gasteiger partial charge >= 0.3 is 12.1 Å². The molecule has 4 N–H and O–H groups in total. The van der Waals surface area contributed by atoms with E-state index in [0.717, 1.165) is 25.1 Å². The molecule has 3 heterocycles. The fraction of sp³-hybridized carbons (Fsp3) is 0.400. The van der Waals surface area contributed by atoms with Crippen molar-refractivity contribution in [3.05, 3.63) is 53.0 Å². The molecule has 0 unspecified atom stereocenters. The number of nitrogens with zero attached hydrogens (tertiary/aromatic N) is 6. The number of aliphatic carboxylic acids is 1. The Morgan fingerprint density at radius 2 is 1.94 bits per heavy atom. The van der Waals surface area contributed by atoms with Crippen LogP contribution in [0.3, 0.4) is 0 Å². The second-order valence-corrected chi connectivity index (χ2v) is 7.10. The highest BCUT2D eigenvalue weighted by Gasteiger charge is 2.38. The Bertz CT molecular complexity index is 1120. The van der Waals surface area contributed by atoms with Crippen molar-refractivity contribution in [1.29, 1.82) is 0 Å². The summed E-state index contributed by atoms with van der Waals surface area (Å²) in [5, 5.41) is 13.3. The zero-order chi connectivity index (χ0) is 25.8. The molecule has 0 saturated carbocycles. The smallest absolute Gasteiger partial charge is 0.475 e. The van der Waals surface area contributed by atoms with E-state index in [9.17, 15) is 18.0 Å². The molecule has 0 bridgehead atoms. The third-order valence-corrected chi connectivity index (χ3v) is 4.46. The predicted octanol–water partition coefficient (Wildman–Crippen LogP) is 1.61. The van der Waals surface area contributed by atoms with Gasteiger partial charge < -0.3 is 30.2 Å². The van der Waals surface area contributed by atoms with Gasteiger partial charge in [0.25, 0.3) is 0 Å². The Balaban J connectivity index is 0.000000540. The molecule has 0 aliphatic carbocycles. The summed E-state index contributed by atoms with van der Waals surface area (Å²) in [6.45, 7) is 2.02. The van der Waals surface area contributed by atoms with Crippen molar-refractivity contribution in [2.75, 3.05) is 42.7 Å². The van der Waals surface area contributed by atoms with E-state index in [0.29, 0.717) is 30.9 Å². The number of alkyl halides is 3. The first-order chi connectivity index (χ1) is 16.6. The molecule has 0 amide bonds. The number of likely N-dealkylation sites (N-methyl/N-ethyl adjacent to an activating group) is 1. The molecule has 0 aliphatic heterocycles. The normalized spacial score (nSPS) is 10.8. The zero-order valence-electron chi connectivity index (χ0n) is 19.1. The van der Waals surface area contributed by atoms with Crippen LogP contribution in [-0.2, 0) is 17.8 Å². The van der Waals surface area contributed by atoms with Crippen molar-refractivity contribution in [1.82, 2.24) is 29.5 Å². The van der Waals surface area contributed by atoms with Crippen LogP contribution in [0, 0.1) is 0 Å². The molecule has 0 spiro atoms. The molecule has 0 aromatic carbocycles. The number of nitrogens with one attached hydrogen (secondary N) is 3. The third kappa shape index (κ3) is 9.30. The lowest BCUT2D eigenvalue weighted by molar-refractivity contribution is -0.192. The first-order valence-electron chi connectivity index (χ1n) is 10.4. The SMILES string of the molecule is CNc1nc(NCCCn2ccccc2=O)nc(N(C)CCc2cnc[nH]2)n1.O=C(O)C(F)(F)F. The van der Waals surface area contributed by atoms with Gasteiger partial charge in [0.15, 0.2) is 0 Å². The number of halogens is 3. The molecule has 12 nitrogen and oxygen atoms in total. The summed E-state index contributed by atoms with van der Waals surface area (Å²) >= 11 is 0. The lowest BCUT2D eigenvalue weighted by Crippen LogP contribution is -2.24. The molecule has 0 fully saturated rings. The Morgan fingerprint density at radius 3 is 2.54 bits per heavy atom. The highest BCUT2D eigenvalue weighted by Crippen LogP contribution is 2.13. The number of carbonyl (C=O) groups is 1. The molecule has 190 valence electrons. The van der Waals surface area contributed by atoms with Crippen LogP contribution < -0.4 is 21.1 Å². The molecule has 0 atom stereocenters. The summed E-state index contributed by atoms with van der Waals surface area (Å²) in [4.78, 5) is 43.0. The molecule has 3 rings (SSSR count). The van der Waals surface area contributed by atoms with Crippen molar-refractivity contribution in [3.63, 3.8) is 0 Å². The summed E-state index contributed by atoms with van der Waals surface area (Å²) in [6, 6.07) is 5.15. The van der Waals surface area contributed by atoms with Crippen LogP contribution in [0.4, 0.5) is 31.0 Å². The maximum atomic E-state index is 11.7. The van der Waals surface area contributed by atoms with Crippen LogP contribution in [0.15, 0.2) is 41.7 Å². The summed E-state index contributed by atoms with van der Waals surface area (Å²) in [7, 11) is 3.71. The number of carboxylic acids is 1. The van der Waals surface area contributed by atoms with E-state index in [-0.39, 0.29) is 5.56 Å². The number of aromatic amines is 1. The van der Waals surface area contributed by atoms with Gasteiger partial charge in [-0.05, 0) is 12.5 Å². The van der Waals surface area contributed by atoms with Crippen molar-refractivity contribution >= 4 is 23.8 Å².